The molecule has 1 fully saturated rings. The fourth-order valence-electron chi connectivity index (χ4n) is 3.17. The molecule has 0 bridgehead atoms. The minimum Gasteiger partial charge on any atom is -0.467 e. The van der Waals surface area contributed by atoms with Gasteiger partial charge >= 0.3 is 12.1 Å². The van der Waals surface area contributed by atoms with Crippen LogP contribution in [0, 0.1) is 5.92 Å². The number of esters is 1. The SMILES string of the molecule is COC(=O)[C@H]1[C@H](Cc2ccccc2)CCCN1C(=O)OC(C)(C)C. The van der Waals surface area contributed by atoms with E-state index in [0.29, 0.717) is 6.54 Å². The zero-order valence-corrected chi connectivity index (χ0v) is 15.0. The molecule has 0 aromatic heterocycles. The van der Waals surface area contributed by atoms with E-state index in [1.54, 1.807) is 0 Å². The third-order valence-electron chi connectivity index (χ3n) is 4.17. The third kappa shape index (κ3) is 4.73. The Hall–Kier alpha value is -2.04. The summed E-state index contributed by atoms with van der Waals surface area (Å²) in [7, 11) is 1.36. The fraction of sp³-hybridized carbons (Fsp3) is 0.579. The zero-order chi connectivity index (χ0) is 17.7. The first kappa shape index (κ1) is 18.3. The number of piperidine rings is 1. The van der Waals surface area contributed by atoms with Crippen LogP contribution in [0.15, 0.2) is 30.3 Å². The first-order chi connectivity index (χ1) is 11.3. The zero-order valence-electron chi connectivity index (χ0n) is 15.0. The lowest BCUT2D eigenvalue weighted by Gasteiger charge is -2.40. The number of hydrogen-bond donors (Lipinski definition) is 0. The lowest BCUT2D eigenvalue weighted by molar-refractivity contribution is -0.150. The average molecular weight is 333 g/mol. The van der Waals surface area contributed by atoms with Crippen LogP contribution in [0.2, 0.25) is 0 Å². The molecular weight excluding hydrogens is 306 g/mol. The van der Waals surface area contributed by atoms with Crippen LogP contribution in [-0.2, 0) is 20.7 Å². The van der Waals surface area contributed by atoms with Gasteiger partial charge in [0.2, 0.25) is 0 Å². The maximum atomic E-state index is 12.5. The van der Waals surface area contributed by atoms with Gasteiger partial charge in [0, 0.05) is 6.54 Å². The molecule has 0 spiro atoms. The Labute approximate surface area is 143 Å². The first-order valence-electron chi connectivity index (χ1n) is 8.43. The molecule has 24 heavy (non-hydrogen) atoms. The third-order valence-corrected chi connectivity index (χ3v) is 4.17. The van der Waals surface area contributed by atoms with E-state index < -0.39 is 17.7 Å². The lowest BCUT2D eigenvalue weighted by Crippen LogP contribution is -2.54. The summed E-state index contributed by atoms with van der Waals surface area (Å²) in [5.41, 5.74) is 0.562. The summed E-state index contributed by atoms with van der Waals surface area (Å²) in [5, 5.41) is 0. The Kier molecular flexibility index (Phi) is 5.86. The average Bonchev–Trinajstić information content (AvgIpc) is 2.53. The van der Waals surface area contributed by atoms with Crippen LogP contribution in [0.5, 0.6) is 0 Å². The number of nitrogens with zero attached hydrogens (tertiary/aromatic N) is 1. The van der Waals surface area contributed by atoms with Crippen molar-refractivity contribution in [2.45, 2.75) is 51.7 Å². The molecule has 1 heterocycles. The van der Waals surface area contributed by atoms with Gasteiger partial charge in [-0.05, 0) is 51.5 Å². The highest BCUT2D eigenvalue weighted by molar-refractivity contribution is 5.82. The van der Waals surface area contributed by atoms with Crippen molar-refractivity contribution < 1.29 is 19.1 Å². The topological polar surface area (TPSA) is 55.8 Å². The summed E-state index contributed by atoms with van der Waals surface area (Å²) in [6.45, 7) is 5.98. The van der Waals surface area contributed by atoms with Gasteiger partial charge in [-0.15, -0.1) is 0 Å². The number of methoxy groups -OCH3 is 1. The second-order valence-electron chi connectivity index (χ2n) is 7.23. The molecule has 1 aliphatic rings. The summed E-state index contributed by atoms with van der Waals surface area (Å²) >= 11 is 0. The van der Waals surface area contributed by atoms with Crippen molar-refractivity contribution in [3.8, 4) is 0 Å². The van der Waals surface area contributed by atoms with E-state index in [4.69, 9.17) is 9.47 Å². The molecule has 5 nitrogen and oxygen atoms in total. The molecular formula is C19H27NO4. The number of benzene rings is 1. The van der Waals surface area contributed by atoms with Crippen molar-refractivity contribution in [2.24, 2.45) is 5.92 Å². The normalized spacial score (nSPS) is 21.2. The van der Waals surface area contributed by atoms with Crippen LogP contribution in [0.4, 0.5) is 4.79 Å². The number of ether oxygens (including phenoxy) is 2. The molecule has 0 radical (unpaired) electrons. The minimum atomic E-state index is -0.598. The van der Waals surface area contributed by atoms with Crippen LogP contribution in [0.25, 0.3) is 0 Å². The highest BCUT2D eigenvalue weighted by Crippen LogP contribution is 2.29. The van der Waals surface area contributed by atoms with Crippen molar-refractivity contribution in [3.05, 3.63) is 35.9 Å². The summed E-state index contributed by atoms with van der Waals surface area (Å²) in [5.74, 6) is -0.345. The molecule has 2 rings (SSSR count). The van der Waals surface area contributed by atoms with Gasteiger partial charge in [-0.2, -0.15) is 0 Å². The molecule has 2 atom stereocenters. The second-order valence-corrected chi connectivity index (χ2v) is 7.23. The summed E-state index contributed by atoms with van der Waals surface area (Å²) in [4.78, 5) is 26.5. The van der Waals surface area contributed by atoms with Crippen LogP contribution in [0.1, 0.15) is 39.2 Å². The van der Waals surface area contributed by atoms with Gasteiger partial charge in [0.15, 0.2) is 0 Å². The monoisotopic (exact) mass is 333 g/mol. The van der Waals surface area contributed by atoms with E-state index in [-0.39, 0.29) is 11.9 Å². The highest BCUT2D eigenvalue weighted by atomic mass is 16.6. The van der Waals surface area contributed by atoms with Gasteiger partial charge in [0.1, 0.15) is 11.6 Å². The molecule has 132 valence electrons. The Morgan fingerprint density at radius 3 is 2.46 bits per heavy atom. The van der Waals surface area contributed by atoms with E-state index in [1.165, 1.54) is 12.0 Å². The largest absolute Gasteiger partial charge is 0.467 e. The maximum Gasteiger partial charge on any atom is 0.411 e. The number of amides is 1. The number of carbonyl (C=O) groups excluding carboxylic acids is 2. The van der Waals surface area contributed by atoms with Gasteiger partial charge in [0.05, 0.1) is 7.11 Å². The summed E-state index contributed by atoms with van der Waals surface area (Å²) in [6, 6.07) is 9.42. The molecule has 5 heteroatoms. The number of likely N-dealkylation sites (tertiary alicyclic amines) is 1. The highest BCUT2D eigenvalue weighted by Gasteiger charge is 2.41. The quantitative estimate of drug-likeness (QED) is 0.795. The van der Waals surface area contributed by atoms with Crippen molar-refractivity contribution in [2.75, 3.05) is 13.7 Å². The van der Waals surface area contributed by atoms with Gasteiger partial charge in [-0.25, -0.2) is 9.59 Å². The van der Waals surface area contributed by atoms with E-state index in [0.717, 1.165) is 24.8 Å². The first-order valence-corrected chi connectivity index (χ1v) is 8.43. The smallest absolute Gasteiger partial charge is 0.411 e. The lowest BCUT2D eigenvalue weighted by atomic mass is 9.84. The second kappa shape index (κ2) is 7.69. The van der Waals surface area contributed by atoms with Crippen LogP contribution < -0.4 is 0 Å². The van der Waals surface area contributed by atoms with Gasteiger partial charge < -0.3 is 9.47 Å². The number of rotatable bonds is 3. The molecule has 0 aliphatic carbocycles. The molecule has 1 aliphatic heterocycles. The van der Waals surface area contributed by atoms with E-state index in [1.807, 2.05) is 51.1 Å². The predicted octanol–water partition coefficient (Wildman–Crippen LogP) is 3.42. The van der Waals surface area contributed by atoms with Gasteiger partial charge in [-0.3, -0.25) is 4.90 Å². The molecule has 1 amide bonds. The van der Waals surface area contributed by atoms with Crippen molar-refractivity contribution in [3.63, 3.8) is 0 Å². The Morgan fingerprint density at radius 2 is 1.88 bits per heavy atom. The minimum absolute atomic E-state index is 0.0288. The molecule has 0 saturated carbocycles. The Balaban J connectivity index is 2.20. The van der Waals surface area contributed by atoms with Crippen molar-refractivity contribution in [1.29, 1.82) is 0 Å². The molecule has 0 N–H and O–H groups in total. The van der Waals surface area contributed by atoms with Crippen LogP contribution in [0.3, 0.4) is 0 Å². The van der Waals surface area contributed by atoms with Gasteiger partial charge in [-0.1, -0.05) is 30.3 Å². The standard InChI is InChI=1S/C19H27NO4/c1-19(2,3)24-18(22)20-12-8-11-15(16(20)17(21)23-4)13-14-9-6-5-7-10-14/h5-7,9-10,15-16H,8,11-13H2,1-4H3/t15-,16+/m0/s1. The molecule has 1 aromatic carbocycles. The number of carbonyl (C=O) groups is 2. The molecule has 1 saturated heterocycles. The van der Waals surface area contributed by atoms with E-state index in [2.05, 4.69) is 0 Å². The molecule has 0 unspecified atom stereocenters. The van der Waals surface area contributed by atoms with Gasteiger partial charge in [0.25, 0.3) is 0 Å². The summed E-state index contributed by atoms with van der Waals surface area (Å²) < 4.78 is 10.5. The van der Waals surface area contributed by atoms with Crippen LogP contribution >= 0.6 is 0 Å². The fourth-order valence-corrected chi connectivity index (χ4v) is 3.17. The Bertz CT molecular complexity index is 564. The number of hydrogen-bond acceptors (Lipinski definition) is 4. The molecule has 1 aromatic rings. The van der Waals surface area contributed by atoms with Crippen molar-refractivity contribution in [1.82, 2.24) is 4.90 Å². The van der Waals surface area contributed by atoms with E-state index >= 15 is 0 Å². The van der Waals surface area contributed by atoms with E-state index in [9.17, 15) is 9.59 Å². The summed E-state index contributed by atoms with van der Waals surface area (Å²) in [6.07, 6.45) is 2.02. The Morgan fingerprint density at radius 1 is 1.21 bits per heavy atom. The van der Waals surface area contributed by atoms with Crippen molar-refractivity contribution >= 4 is 12.1 Å². The maximum absolute atomic E-state index is 12.5. The predicted molar refractivity (Wildman–Crippen MR) is 91.6 cm³/mol. The van der Waals surface area contributed by atoms with Crippen LogP contribution in [-0.4, -0.2) is 42.3 Å².